The first kappa shape index (κ1) is 12.9. The highest BCUT2D eigenvalue weighted by Crippen LogP contribution is 2.06. The first-order valence-corrected chi connectivity index (χ1v) is 5.57. The van der Waals surface area contributed by atoms with Crippen LogP contribution in [0.5, 0.6) is 5.88 Å². The first-order valence-electron chi connectivity index (χ1n) is 5.57. The average molecular weight is 224 g/mol. The van der Waals surface area contributed by atoms with Crippen molar-refractivity contribution >= 4 is 0 Å². The molecule has 0 aromatic carbocycles. The molecule has 4 nitrogen and oxygen atoms in total. The number of nitrogens with zero attached hydrogens (tertiary/aromatic N) is 1. The molecule has 0 saturated heterocycles. The van der Waals surface area contributed by atoms with Gasteiger partial charge in [-0.3, -0.25) is 0 Å². The van der Waals surface area contributed by atoms with Crippen LogP contribution in [0.4, 0.5) is 0 Å². The van der Waals surface area contributed by atoms with E-state index >= 15 is 0 Å². The van der Waals surface area contributed by atoms with Gasteiger partial charge in [0, 0.05) is 32.0 Å². The lowest BCUT2D eigenvalue weighted by Crippen LogP contribution is -2.26. The Hall–Kier alpha value is -1.13. The Morgan fingerprint density at radius 3 is 2.81 bits per heavy atom. The highest BCUT2D eigenvalue weighted by atomic mass is 16.5. The minimum Gasteiger partial charge on any atom is -0.481 e. The van der Waals surface area contributed by atoms with E-state index in [2.05, 4.69) is 17.2 Å². The molecule has 0 fully saturated rings. The molecule has 0 spiro atoms. The SMILES string of the molecule is CCOC(C)CNCc1ccc(OC)nc1. The van der Waals surface area contributed by atoms with E-state index in [0.29, 0.717) is 5.88 Å². The second-order valence-corrected chi connectivity index (χ2v) is 3.61. The summed E-state index contributed by atoms with van der Waals surface area (Å²) >= 11 is 0. The van der Waals surface area contributed by atoms with Crippen molar-refractivity contribution in [1.29, 1.82) is 0 Å². The molecule has 0 bridgehead atoms. The van der Waals surface area contributed by atoms with E-state index in [1.54, 1.807) is 7.11 Å². The number of methoxy groups -OCH3 is 1. The number of hydrogen-bond donors (Lipinski definition) is 1. The fraction of sp³-hybridized carbons (Fsp3) is 0.583. The molecule has 1 unspecified atom stereocenters. The van der Waals surface area contributed by atoms with Crippen molar-refractivity contribution < 1.29 is 9.47 Å². The second kappa shape index (κ2) is 7.19. The maximum Gasteiger partial charge on any atom is 0.212 e. The number of pyridine rings is 1. The van der Waals surface area contributed by atoms with Gasteiger partial charge in [-0.05, 0) is 19.4 Å². The highest BCUT2D eigenvalue weighted by Gasteiger charge is 2.00. The molecule has 1 rings (SSSR count). The van der Waals surface area contributed by atoms with Gasteiger partial charge in [-0.25, -0.2) is 4.98 Å². The van der Waals surface area contributed by atoms with Crippen LogP contribution < -0.4 is 10.1 Å². The molecular formula is C12H20N2O2. The van der Waals surface area contributed by atoms with Gasteiger partial charge in [0.2, 0.25) is 5.88 Å². The maximum absolute atomic E-state index is 5.42. The summed E-state index contributed by atoms with van der Waals surface area (Å²) in [4.78, 5) is 4.14. The normalized spacial score (nSPS) is 12.4. The van der Waals surface area contributed by atoms with Crippen LogP contribution in [0.25, 0.3) is 0 Å². The van der Waals surface area contributed by atoms with Crippen molar-refractivity contribution in [2.75, 3.05) is 20.3 Å². The first-order chi connectivity index (χ1) is 7.76. The Bertz CT molecular complexity index is 288. The van der Waals surface area contributed by atoms with Gasteiger partial charge in [0.1, 0.15) is 0 Å². The molecule has 16 heavy (non-hydrogen) atoms. The topological polar surface area (TPSA) is 43.4 Å². The van der Waals surface area contributed by atoms with Crippen LogP contribution in [0, 0.1) is 0 Å². The van der Waals surface area contributed by atoms with Gasteiger partial charge < -0.3 is 14.8 Å². The largest absolute Gasteiger partial charge is 0.481 e. The lowest BCUT2D eigenvalue weighted by molar-refractivity contribution is 0.0759. The van der Waals surface area contributed by atoms with E-state index in [4.69, 9.17) is 9.47 Å². The fourth-order valence-corrected chi connectivity index (χ4v) is 1.40. The van der Waals surface area contributed by atoms with Gasteiger partial charge in [-0.1, -0.05) is 6.07 Å². The molecule has 0 aliphatic rings. The molecule has 1 atom stereocenters. The van der Waals surface area contributed by atoms with Gasteiger partial charge in [-0.15, -0.1) is 0 Å². The molecule has 0 aliphatic carbocycles. The second-order valence-electron chi connectivity index (χ2n) is 3.61. The monoisotopic (exact) mass is 224 g/mol. The smallest absolute Gasteiger partial charge is 0.212 e. The Labute approximate surface area is 97.0 Å². The van der Waals surface area contributed by atoms with Crippen LogP contribution in [0.1, 0.15) is 19.4 Å². The zero-order chi connectivity index (χ0) is 11.8. The zero-order valence-corrected chi connectivity index (χ0v) is 10.2. The minimum absolute atomic E-state index is 0.246. The summed E-state index contributed by atoms with van der Waals surface area (Å²) in [7, 11) is 1.62. The van der Waals surface area contributed by atoms with E-state index in [9.17, 15) is 0 Å². The molecule has 90 valence electrons. The molecule has 1 heterocycles. The third-order valence-corrected chi connectivity index (χ3v) is 2.22. The third-order valence-electron chi connectivity index (χ3n) is 2.22. The standard InChI is InChI=1S/C12H20N2O2/c1-4-16-10(2)7-13-8-11-5-6-12(15-3)14-9-11/h5-6,9-10,13H,4,7-8H2,1-3H3. The summed E-state index contributed by atoms with van der Waals surface area (Å²) in [5.41, 5.74) is 1.14. The third kappa shape index (κ3) is 4.59. The van der Waals surface area contributed by atoms with E-state index in [1.807, 2.05) is 25.3 Å². The van der Waals surface area contributed by atoms with E-state index in [1.165, 1.54) is 0 Å². The van der Waals surface area contributed by atoms with Gasteiger partial charge >= 0.3 is 0 Å². The summed E-state index contributed by atoms with van der Waals surface area (Å²) in [5, 5.41) is 3.32. The Balaban J connectivity index is 2.26. The Morgan fingerprint density at radius 2 is 2.25 bits per heavy atom. The van der Waals surface area contributed by atoms with Gasteiger partial charge in [0.15, 0.2) is 0 Å². The maximum atomic E-state index is 5.42. The number of ether oxygens (including phenoxy) is 2. The van der Waals surface area contributed by atoms with E-state index < -0.39 is 0 Å². The molecule has 0 saturated carbocycles. The average Bonchev–Trinajstić information content (AvgIpc) is 2.30. The summed E-state index contributed by atoms with van der Waals surface area (Å²) < 4.78 is 10.4. The van der Waals surface area contributed by atoms with Crippen LogP contribution in [0.3, 0.4) is 0 Å². The van der Waals surface area contributed by atoms with Crippen LogP contribution in [0.15, 0.2) is 18.3 Å². The van der Waals surface area contributed by atoms with Gasteiger partial charge in [0.25, 0.3) is 0 Å². The molecule has 1 aromatic rings. The highest BCUT2D eigenvalue weighted by molar-refractivity contribution is 5.17. The molecule has 1 aromatic heterocycles. The van der Waals surface area contributed by atoms with Crippen molar-refractivity contribution in [2.24, 2.45) is 0 Å². The van der Waals surface area contributed by atoms with Crippen molar-refractivity contribution in [2.45, 2.75) is 26.5 Å². The van der Waals surface area contributed by atoms with Crippen molar-refractivity contribution in [3.8, 4) is 5.88 Å². The molecule has 4 heteroatoms. The molecular weight excluding hydrogens is 204 g/mol. The van der Waals surface area contributed by atoms with Crippen LogP contribution >= 0.6 is 0 Å². The molecule has 0 radical (unpaired) electrons. The number of rotatable bonds is 7. The summed E-state index contributed by atoms with van der Waals surface area (Å²) in [6.45, 7) is 6.47. The van der Waals surface area contributed by atoms with Crippen LogP contribution in [-0.2, 0) is 11.3 Å². The van der Waals surface area contributed by atoms with Crippen LogP contribution in [0.2, 0.25) is 0 Å². The Kier molecular flexibility index (Phi) is 5.82. The predicted molar refractivity (Wildman–Crippen MR) is 63.6 cm³/mol. The number of hydrogen-bond acceptors (Lipinski definition) is 4. The zero-order valence-electron chi connectivity index (χ0n) is 10.2. The molecule has 1 N–H and O–H groups in total. The van der Waals surface area contributed by atoms with Crippen LogP contribution in [-0.4, -0.2) is 31.3 Å². The summed E-state index contributed by atoms with van der Waals surface area (Å²) in [6, 6.07) is 3.87. The summed E-state index contributed by atoms with van der Waals surface area (Å²) in [6.07, 6.45) is 2.06. The quantitative estimate of drug-likeness (QED) is 0.764. The lowest BCUT2D eigenvalue weighted by atomic mass is 10.3. The minimum atomic E-state index is 0.246. The van der Waals surface area contributed by atoms with Gasteiger partial charge in [0.05, 0.1) is 13.2 Å². The van der Waals surface area contributed by atoms with E-state index in [0.717, 1.165) is 25.3 Å². The summed E-state index contributed by atoms with van der Waals surface area (Å²) in [5.74, 6) is 0.645. The molecule has 0 aliphatic heterocycles. The van der Waals surface area contributed by atoms with Gasteiger partial charge in [-0.2, -0.15) is 0 Å². The Morgan fingerprint density at radius 1 is 1.44 bits per heavy atom. The van der Waals surface area contributed by atoms with Crippen molar-refractivity contribution in [1.82, 2.24) is 10.3 Å². The fourth-order valence-electron chi connectivity index (χ4n) is 1.40. The predicted octanol–water partition coefficient (Wildman–Crippen LogP) is 1.60. The lowest BCUT2D eigenvalue weighted by Gasteiger charge is -2.12. The number of nitrogens with one attached hydrogen (secondary N) is 1. The van der Waals surface area contributed by atoms with E-state index in [-0.39, 0.29) is 6.10 Å². The van der Waals surface area contributed by atoms with Crippen molar-refractivity contribution in [3.63, 3.8) is 0 Å². The number of aromatic nitrogens is 1. The van der Waals surface area contributed by atoms with Crippen molar-refractivity contribution in [3.05, 3.63) is 23.9 Å². The molecule has 0 amide bonds.